The third-order valence-electron chi connectivity index (χ3n) is 2.03. The normalized spacial score (nSPS) is 10.5. The van der Waals surface area contributed by atoms with Gasteiger partial charge in [0.1, 0.15) is 5.75 Å². The topological polar surface area (TPSA) is 53.4 Å². The maximum atomic E-state index is 9.42. The first kappa shape index (κ1) is 8.01. The van der Waals surface area contributed by atoms with Crippen LogP contribution in [-0.2, 0) is 6.61 Å². The van der Waals surface area contributed by atoms with Crippen LogP contribution in [-0.4, -0.2) is 15.2 Å². The lowest BCUT2D eigenvalue weighted by atomic mass is 10.1. The summed E-state index contributed by atoms with van der Waals surface area (Å²) in [6, 6.07) is 6.87. The van der Waals surface area contributed by atoms with Crippen molar-refractivity contribution in [1.29, 1.82) is 0 Å². The van der Waals surface area contributed by atoms with Crippen LogP contribution in [0.25, 0.3) is 10.9 Å². The molecule has 0 aliphatic rings. The van der Waals surface area contributed by atoms with Crippen molar-refractivity contribution in [2.75, 3.05) is 0 Å². The SMILES string of the molecule is OCc1c(O)ccc2ncccc12. The van der Waals surface area contributed by atoms with Gasteiger partial charge in [0.25, 0.3) is 0 Å². The zero-order chi connectivity index (χ0) is 9.26. The van der Waals surface area contributed by atoms with E-state index in [4.69, 9.17) is 5.11 Å². The van der Waals surface area contributed by atoms with Crippen LogP contribution in [0.1, 0.15) is 5.56 Å². The fraction of sp³-hybridized carbons (Fsp3) is 0.100. The number of fused-ring (bicyclic) bond motifs is 1. The van der Waals surface area contributed by atoms with Crippen molar-refractivity contribution in [2.45, 2.75) is 6.61 Å². The Hall–Kier alpha value is -1.61. The molecule has 1 aromatic heterocycles. The number of rotatable bonds is 1. The summed E-state index contributed by atoms with van der Waals surface area (Å²) < 4.78 is 0. The van der Waals surface area contributed by atoms with E-state index < -0.39 is 0 Å². The number of hydrogen-bond acceptors (Lipinski definition) is 3. The highest BCUT2D eigenvalue weighted by atomic mass is 16.3. The Morgan fingerprint density at radius 1 is 1.23 bits per heavy atom. The Morgan fingerprint density at radius 3 is 2.85 bits per heavy atom. The standard InChI is InChI=1S/C10H9NO2/c12-6-8-7-2-1-5-11-9(7)3-4-10(8)13/h1-5,12-13H,6H2. The number of benzene rings is 1. The molecular formula is C10H9NO2. The van der Waals surface area contributed by atoms with Gasteiger partial charge in [-0.1, -0.05) is 6.07 Å². The smallest absolute Gasteiger partial charge is 0.121 e. The minimum absolute atomic E-state index is 0.114. The fourth-order valence-electron chi connectivity index (χ4n) is 1.37. The monoisotopic (exact) mass is 175 g/mol. The van der Waals surface area contributed by atoms with Gasteiger partial charge < -0.3 is 10.2 Å². The molecule has 3 nitrogen and oxygen atoms in total. The van der Waals surface area contributed by atoms with Gasteiger partial charge >= 0.3 is 0 Å². The van der Waals surface area contributed by atoms with E-state index in [0.29, 0.717) is 5.56 Å². The van der Waals surface area contributed by atoms with Crippen molar-refractivity contribution >= 4 is 10.9 Å². The van der Waals surface area contributed by atoms with Gasteiger partial charge in [0.2, 0.25) is 0 Å². The van der Waals surface area contributed by atoms with Gasteiger partial charge in [0.05, 0.1) is 12.1 Å². The second-order valence-corrected chi connectivity index (χ2v) is 2.79. The quantitative estimate of drug-likeness (QED) is 0.689. The van der Waals surface area contributed by atoms with E-state index in [9.17, 15) is 5.11 Å². The van der Waals surface area contributed by atoms with Gasteiger partial charge in [-0.15, -0.1) is 0 Å². The third kappa shape index (κ3) is 1.23. The first-order chi connectivity index (χ1) is 6.33. The molecule has 0 aliphatic carbocycles. The molecular weight excluding hydrogens is 166 g/mol. The number of aromatic hydroxyl groups is 1. The summed E-state index contributed by atoms with van der Waals surface area (Å²) in [5.74, 6) is 0.114. The van der Waals surface area contributed by atoms with Crippen molar-refractivity contribution < 1.29 is 10.2 Å². The average Bonchev–Trinajstić information content (AvgIpc) is 2.18. The number of aliphatic hydroxyl groups excluding tert-OH is 1. The minimum Gasteiger partial charge on any atom is -0.508 e. The van der Waals surface area contributed by atoms with E-state index in [1.54, 1.807) is 24.4 Å². The molecule has 2 aromatic rings. The van der Waals surface area contributed by atoms with E-state index in [1.165, 1.54) is 0 Å². The number of pyridine rings is 1. The summed E-state index contributed by atoms with van der Waals surface area (Å²) in [7, 11) is 0. The average molecular weight is 175 g/mol. The molecule has 0 amide bonds. The van der Waals surface area contributed by atoms with Gasteiger partial charge in [-0.2, -0.15) is 0 Å². The van der Waals surface area contributed by atoms with E-state index in [0.717, 1.165) is 10.9 Å². The number of aromatic nitrogens is 1. The molecule has 13 heavy (non-hydrogen) atoms. The molecule has 0 atom stereocenters. The number of phenols is 1. The summed E-state index contributed by atoms with van der Waals surface area (Å²) in [5, 5.41) is 19.2. The summed E-state index contributed by atoms with van der Waals surface area (Å²) in [6.07, 6.45) is 1.68. The van der Waals surface area contributed by atoms with Crippen molar-refractivity contribution in [2.24, 2.45) is 0 Å². The van der Waals surface area contributed by atoms with Gasteiger partial charge in [-0.05, 0) is 18.2 Å². The van der Waals surface area contributed by atoms with E-state index >= 15 is 0 Å². The lowest BCUT2D eigenvalue weighted by Crippen LogP contribution is -1.88. The predicted octanol–water partition coefficient (Wildman–Crippen LogP) is 1.43. The van der Waals surface area contributed by atoms with Crippen molar-refractivity contribution in [1.82, 2.24) is 4.98 Å². The maximum absolute atomic E-state index is 9.42. The number of nitrogens with zero attached hydrogens (tertiary/aromatic N) is 1. The molecule has 2 N–H and O–H groups in total. The molecule has 66 valence electrons. The van der Waals surface area contributed by atoms with Crippen molar-refractivity contribution in [3.8, 4) is 5.75 Å². The zero-order valence-electron chi connectivity index (χ0n) is 6.94. The Kier molecular flexibility index (Phi) is 1.87. The Labute approximate surface area is 75.3 Å². The predicted molar refractivity (Wildman–Crippen MR) is 49.3 cm³/mol. The molecule has 1 aromatic carbocycles. The molecule has 2 rings (SSSR count). The van der Waals surface area contributed by atoms with Crippen LogP contribution in [0, 0.1) is 0 Å². The molecule has 1 heterocycles. The summed E-state index contributed by atoms with van der Waals surface area (Å²) in [6.45, 7) is -0.172. The zero-order valence-corrected chi connectivity index (χ0v) is 6.94. The molecule has 0 spiro atoms. The number of hydrogen-bond donors (Lipinski definition) is 2. The Balaban J connectivity index is 2.84. The van der Waals surface area contributed by atoms with Gasteiger partial charge in [0, 0.05) is 17.1 Å². The van der Waals surface area contributed by atoms with E-state index in [2.05, 4.69) is 4.98 Å². The highest BCUT2D eigenvalue weighted by molar-refractivity contribution is 5.84. The molecule has 0 saturated carbocycles. The molecule has 0 unspecified atom stereocenters. The highest BCUT2D eigenvalue weighted by Crippen LogP contribution is 2.25. The third-order valence-corrected chi connectivity index (χ3v) is 2.03. The van der Waals surface area contributed by atoms with Gasteiger partial charge in [-0.25, -0.2) is 0 Å². The largest absolute Gasteiger partial charge is 0.508 e. The highest BCUT2D eigenvalue weighted by Gasteiger charge is 2.04. The second-order valence-electron chi connectivity index (χ2n) is 2.79. The van der Waals surface area contributed by atoms with E-state index in [-0.39, 0.29) is 12.4 Å². The van der Waals surface area contributed by atoms with Crippen LogP contribution in [0.2, 0.25) is 0 Å². The maximum Gasteiger partial charge on any atom is 0.121 e. The Morgan fingerprint density at radius 2 is 2.08 bits per heavy atom. The molecule has 0 bridgehead atoms. The van der Waals surface area contributed by atoms with Crippen LogP contribution >= 0.6 is 0 Å². The summed E-state index contributed by atoms with van der Waals surface area (Å²) in [4.78, 5) is 4.11. The van der Waals surface area contributed by atoms with Crippen LogP contribution in [0.4, 0.5) is 0 Å². The molecule has 0 saturated heterocycles. The fourth-order valence-corrected chi connectivity index (χ4v) is 1.37. The lowest BCUT2D eigenvalue weighted by Gasteiger charge is -2.04. The van der Waals surface area contributed by atoms with Crippen LogP contribution in [0.3, 0.4) is 0 Å². The van der Waals surface area contributed by atoms with Crippen LogP contribution in [0.5, 0.6) is 5.75 Å². The van der Waals surface area contributed by atoms with E-state index in [1.807, 2.05) is 6.07 Å². The first-order valence-corrected chi connectivity index (χ1v) is 3.99. The molecule has 0 radical (unpaired) electrons. The lowest BCUT2D eigenvalue weighted by molar-refractivity contribution is 0.277. The molecule has 0 fully saturated rings. The molecule has 3 heteroatoms. The summed E-state index contributed by atoms with van der Waals surface area (Å²) in [5.41, 5.74) is 1.31. The minimum atomic E-state index is -0.172. The van der Waals surface area contributed by atoms with Crippen molar-refractivity contribution in [3.63, 3.8) is 0 Å². The van der Waals surface area contributed by atoms with Gasteiger partial charge in [0.15, 0.2) is 0 Å². The van der Waals surface area contributed by atoms with Crippen molar-refractivity contribution in [3.05, 3.63) is 36.0 Å². The summed E-state index contributed by atoms with van der Waals surface area (Å²) >= 11 is 0. The number of aliphatic hydroxyl groups is 1. The first-order valence-electron chi connectivity index (χ1n) is 3.99. The van der Waals surface area contributed by atoms with Crippen LogP contribution < -0.4 is 0 Å². The second kappa shape index (κ2) is 3.03. The Bertz CT molecular complexity index is 440. The van der Waals surface area contributed by atoms with Crippen LogP contribution in [0.15, 0.2) is 30.5 Å². The molecule has 0 aliphatic heterocycles. The van der Waals surface area contributed by atoms with Gasteiger partial charge in [-0.3, -0.25) is 4.98 Å².